The number of aliphatic hydroxyl groups is 1. The molecule has 0 saturated carbocycles. The number of aliphatic carboxylic acids is 1. The molecule has 4 atom stereocenters. The number of rotatable bonds is 11. The van der Waals surface area contributed by atoms with Crippen molar-refractivity contribution in [1.82, 2.24) is 16.0 Å². The second-order valence-electron chi connectivity index (χ2n) is 5.52. The fourth-order valence-corrected chi connectivity index (χ4v) is 1.95. The Hall–Kier alpha value is -1.85. The van der Waals surface area contributed by atoms with Crippen molar-refractivity contribution >= 4 is 36.3 Å². The summed E-state index contributed by atoms with van der Waals surface area (Å²) in [5.41, 5.74) is 5.49. The second kappa shape index (κ2) is 11.7. The van der Waals surface area contributed by atoms with Crippen LogP contribution < -0.4 is 21.7 Å². The van der Waals surface area contributed by atoms with Gasteiger partial charge in [0.15, 0.2) is 0 Å². The molecule has 0 aliphatic rings. The number of hydrogen-bond acceptors (Lipinski definition) is 7. The van der Waals surface area contributed by atoms with Gasteiger partial charge in [0.1, 0.15) is 18.6 Å². The Morgan fingerprint density at radius 2 is 1.72 bits per heavy atom. The molecule has 25 heavy (non-hydrogen) atoms. The molecule has 0 fully saturated rings. The maximum atomic E-state index is 12.3. The van der Waals surface area contributed by atoms with Crippen LogP contribution in [-0.2, 0) is 19.2 Å². The summed E-state index contributed by atoms with van der Waals surface area (Å²) in [7, 11) is 0. The molecule has 0 aliphatic carbocycles. The zero-order chi connectivity index (χ0) is 19.6. The van der Waals surface area contributed by atoms with E-state index in [1.165, 1.54) is 0 Å². The average molecular weight is 378 g/mol. The Kier molecular flexibility index (Phi) is 10.8. The minimum atomic E-state index is -1.29. The molecule has 144 valence electrons. The van der Waals surface area contributed by atoms with Gasteiger partial charge >= 0.3 is 5.97 Å². The van der Waals surface area contributed by atoms with Crippen LogP contribution in [0.4, 0.5) is 0 Å². The van der Waals surface area contributed by atoms with E-state index in [9.17, 15) is 24.3 Å². The first-order valence-corrected chi connectivity index (χ1v) is 8.38. The van der Waals surface area contributed by atoms with Crippen molar-refractivity contribution in [2.24, 2.45) is 11.7 Å². The normalized spacial score (nSPS) is 15.4. The highest BCUT2D eigenvalue weighted by Crippen LogP contribution is 2.08. The molecule has 0 aromatic rings. The van der Waals surface area contributed by atoms with Crippen molar-refractivity contribution in [2.75, 3.05) is 18.9 Å². The molecule has 10 nitrogen and oxygen atoms in total. The molecule has 0 rings (SSSR count). The van der Waals surface area contributed by atoms with Gasteiger partial charge in [0.2, 0.25) is 17.7 Å². The quantitative estimate of drug-likeness (QED) is 0.194. The predicted octanol–water partition coefficient (Wildman–Crippen LogP) is -2.55. The van der Waals surface area contributed by atoms with Crippen LogP contribution in [0.1, 0.15) is 20.3 Å². The molecule has 0 bridgehead atoms. The van der Waals surface area contributed by atoms with Crippen LogP contribution in [0, 0.1) is 5.92 Å². The molecule has 0 radical (unpaired) electrons. The van der Waals surface area contributed by atoms with Gasteiger partial charge in [-0.1, -0.05) is 20.3 Å². The first kappa shape index (κ1) is 23.1. The summed E-state index contributed by atoms with van der Waals surface area (Å²) in [6.07, 6.45) is 0.534. The number of thiol groups is 1. The third kappa shape index (κ3) is 8.18. The minimum Gasteiger partial charge on any atom is -0.480 e. The number of nitrogens with one attached hydrogen (secondary N) is 3. The van der Waals surface area contributed by atoms with E-state index in [1.54, 1.807) is 13.8 Å². The number of nitrogens with two attached hydrogens (primary N) is 1. The number of aliphatic hydroxyl groups excluding tert-OH is 1. The smallest absolute Gasteiger partial charge is 0.322 e. The zero-order valence-corrected chi connectivity index (χ0v) is 15.1. The van der Waals surface area contributed by atoms with E-state index in [0.717, 1.165) is 0 Å². The predicted molar refractivity (Wildman–Crippen MR) is 92.9 cm³/mol. The molecule has 0 aliphatic heterocycles. The van der Waals surface area contributed by atoms with Crippen molar-refractivity contribution in [2.45, 2.75) is 38.4 Å². The van der Waals surface area contributed by atoms with E-state index in [4.69, 9.17) is 10.8 Å². The highest BCUT2D eigenvalue weighted by Gasteiger charge is 2.30. The van der Waals surface area contributed by atoms with Crippen molar-refractivity contribution < 1.29 is 29.4 Å². The maximum Gasteiger partial charge on any atom is 0.322 e. The first-order valence-electron chi connectivity index (χ1n) is 7.75. The van der Waals surface area contributed by atoms with Crippen LogP contribution in [0.2, 0.25) is 0 Å². The summed E-state index contributed by atoms with van der Waals surface area (Å²) in [6.45, 7) is 2.22. The molecule has 0 spiro atoms. The van der Waals surface area contributed by atoms with Crippen LogP contribution in [-0.4, -0.2) is 70.9 Å². The molecule has 0 aromatic heterocycles. The Balaban J connectivity index is 5.00. The maximum absolute atomic E-state index is 12.3. The fraction of sp³-hybridized carbons (Fsp3) is 0.714. The topological polar surface area (TPSA) is 171 Å². The lowest BCUT2D eigenvalue weighted by molar-refractivity contribution is -0.139. The molecule has 7 N–H and O–H groups in total. The van der Waals surface area contributed by atoms with E-state index in [2.05, 4.69) is 28.6 Å². The minimum absolute atomic E-state index is 0.0543. The van der Waals surface area contributed by atoms with Crippen molar-refractivity contribution in [3.8, 4) is 0 Å². The Morgan fingerprint density at radius 3 is 2.16 bits per heavy atom. The van der Waals surface area contributed by atoms with Gasteiger partial charge in [-0.2, -0.15) is 12.6 Å². The van der Waals surface area contributed by atoms with Crippen LogP contribution in [0.5, 0.6) is 0 Å². The summed E-state index contributed by atoms with van der Waals surface area (Å²) in [5, 5.41) is 24.8. The highest BCUT2D eigenvalue weighted by molar-refractivity contribution is 7.80. The van der Waals surface area contributed by atoms with Crippen molar-refractivity contribution in [1.29, 1.82) is 0 Å². The van der Waals surface area contributed by atoms with E-state index < -0.39 is 55.0 Å². The lowest BCUT2D eigenvalue weighted by Gasteiger charge is -2.26. The molecular weight excluding hydrogens is 352 g/mol. The molecule has 0 aromatic carbocycles. The van der Waals surface area contributed by atoms with E-state index >= 15 is 0 Å². The summed E-state index contributed by atoms with van der Waals surface area (Å²) < 4.78 is 0. The van der Waals surface area contributed by atoms with Crippen LogP contribution >= 0.6 is 12.6 Å². The molecule has 4 unspecified atom stereocenters. The lowest BCUT2D eigenvalue weighted by atomic mass is 9.98. The lowest BCUT2D eigenvalue weighted by Crippen LogP contribution is -2.58. The molecule has 3 amide bonds. The van der Waals surface area contributed by atoms with E-state index in [-0.39, 0.29) is 11.7 Å². The number of hydrogen-bond donors (Lipinski definition) is 7. The van der Waals surface area contributed by atoms with Gasteiger partial charge in [-0.15, -0.1) is 0 Å². The molecule has 0 heterocycles. The van der Waals surface area contributed by atoms with Crippen LogP contribution in [0.25, 0.3) is 0 Å². The first-order chi connectivity index (χ1) is 11.7. The summed E-state index contributed by atoms with van der Waals surface area (Å²) in [6, 6.07) is -3.26. The number of carboxylic acid groups (broad SMARTS) is 1. The van der Waals surface area contributed by atoms with E-state index in [0.29, 0.717) is 6.42 Å². The molecule has 0 saturated heterocycles. The standard InChI is InChI=1S/C14H26N4O6S/c1-3-7(2)11(14(24)16-4-10(20)21)18-13(23)9(5-19)17-12(22)8(15)6-25/h7-9,11,19,25H,3-6,15H2,1-2H3,(H,16,24)(H,17,22)(H,18,23)(H,20,21). The van der Waals surface area contributed by atoms with Gasteiger partial charge in [-0.05, 0) is 5.92 Å². The highest BCUT2D eigenvalue weighted by atomic mass is 32.1. The summed E-state index contributed by atoms with van der Waals surface area (Å²) >= 11 is 3.87. The molecular formula is C14H26N4O6S. The van der Waals surface area contributed by atoms with Gasteiger partial charge in [-0.25, -0.2) is 0 Å². The van der Waals surface area contributed by atoms with Crippen molar-refractivity contribution in [3.05, 3.63) is 0 Å². The zero-order valence-electron chi connectivity index (χ0n) is 14.2. The summed E-state index contributed by atoms with van der Waals surface area (Å²) in [5.74, 6) is -3.58. The van der Waals surface area contributed by atoms with Gasteiger partial charge in [0.25, 0.3) is 0 Å². The summed E-state index contributed by atoms with van der Waals surface area (Å²) in [4.78, 5) is 46.6. The molecule has 11 heteroatoms. The SMILES string of the molecule is CCC(C)C(NC(=O)C(CO)NC(=O)C(N)CS)C(=O)NCC(=O)O. The van der Waals surface area contributed by atoms with Crippen LogP contribution in [0.3, 0.4) is 0 Å². The van der Waals surface area contributed by atoms with Gasteiger partial charge in [0.05, 0.1) is 12.6 Å². The third-order valence-electron chi connectivity index (χ3n) is 3.56. The Bertz CT molecular complexity index is 490. The Morgan fingerprint density at radius 1 is 1.12 bits per heavy atom. The van der Waals surface area contributed by atoms with Gasteiger partial charge in [0, 0.05) is 5.75 Å². The van der Waals surface area contributed by atoms with Gasteiger partial charge < -0.3 is 31.9 Å². The third-order valence-corrected chi connectivity index (χ3v) is 3.95. The number of carbonyl (C=O) groups excluding carboxylic acids is 3. The number of carboxylic acids is 1. The Labute approximate surface area is 151 Å². The second-order valence-corrected chi connectivity index (χ2v) is 5.88. The van der Waals surface area contributed by atoms with Crippen molar-refractivity contribution in [3.63, 3.8) is 0 Å². The number of amides is 3. The fourth-order valence-electron chi connectivity index (χ4n) is 1.78. The van der Waals surface area contributed by atoms with Crippen LogP contribution in [0.15, 0.2) is 0 Å². The monoisotopic (exact) mass is 378 g/mol. The van der Waals surface area contributed by atoms with E-state index in [1.807, 2.05) is 0 Å². The van der Waals surface area contributed by atoms with Gasteiger partial charge in [-0.3, -0.25) is 19.2 Å². The largest absolute Gasteiger partial charge is 0.480 e. The average Bonchev–Trinajstić information content (AvgIpc) is 2.59. The number of carbonyl (C=O) groups is 4.